The monoisotopic (exact) mass is 583 g/mol. The molecule has 3 atom stereocenters. The van der Waals surface area contributed by atoms with Crippen LogP contribution in [0.2, 0.25) is 0 Å². The van der Waals surface area contributed by atoms with Gasteiger partial charge in [0.15, 0.2) is 0 Å². The third kappa shape index (κ3) is 7.43. The Labute approximate surface area is 251 Å². The minimum atomic E-state index is -0.388. The first kappa shape index (κ1) is 29.9. The zero-order valence-electron chi connectivity index (χ0n) is 24.6. The molecule has 1 aliphatic heterocycles. The molecule has 0 saturated heterocycles. The minimum absolute atomic E-state index is 0.00956. The van der Waals surface area contributed by atoms with E-state index in [1.807, 2.05) is 25.1 Å². The van der Waals surface area contributed by atoms with Gasteiger partial charge in [0.25, 0.3) is 5.91 Å². The normalized spacial score (nSPS) is 17.5. The van der Waals surface area contributed by atoms with Crippen LogP contribution in [0.4, 0.5) is 5.69 Å². The van der Waals surface area contributed by atoms with Crippen molar-refractivity contribution < 1.29 is 19.4 Å². The molecule has 0 radical (unpaired) electrons. The van der Waals surface area contributed by atoms with E-state index in [1.165, 1.54) is 27.7 Å². The maximum atomic E-state index is 13.7. The first-order valence-electron chi connectivity index (χ1n) is 14.4. The zero-order valence-corrected chi connectivity index (χ0v) is 24.6. The highest BCUT2D eigenvalue weighted by Gasteiger charge is 2.33. The van der Waals surface area contributed by atoms with Gasteiger partial charge < -0.3 is 20.1 Å². The molecule has 1 aliphatic rings. The number of carbonyl (C=O) groups excluding carboxylic acids is 2. The number of aliphatic hydroxyl groups is 1. The average Bonchev–Trinajstić information content (AvgIpc) is 3.52. The summed E-state index contributed by atoms with van der Waals surface area (Å²) in [5, 5.41) is 23.5. The van der Waals surface area contributed by atoms with Crippen molar-refractivity contribution in [2.24, 2.45) is 5.92 Å². The number of nitrogens with zero attached hydrogens (tertiary/aromatic N) is 6. The number of aliphatic hydroxyl groups excluding tert-OH is 1. The van der Waals surface area contributed by atoms with Crippen LogP contribution in [0.5, 0.6) is 5.75 Å². The number of likely N-dealkylation sites (N-methyl/N-ethyl adjacent to an activating group) is 1. The van der Waals surface area contributed by atoms with Gasteiger partial charge in [-0.15, -0.1) is 5.10 Å². The number of amides is 2. The fourth-order valence-corrected chi connectivity index (χ4v) is 5.24. The Morgan fingerprint density at radius 2 is 1.86 bits per heavy atom. The van der Waals surface area contributed by atoms with Crippen molar-refractivity contribution in [3.63, 3.8) is 0 Å². The van der Waals surface area contributed by atoms with E-state index in [9.17, 15) is 14.7 Å². The number of anilines is 1. The highest BCUT2D eigenvalue weighted by atomic mass is 16.5. The van der Waals surface area contributed by atoms with Crippen LogP contribution >= 0.6 is 0 Å². The van der Waals surface area contributed by atoms with E-state index in [0.717, 1.165) is 6.54 Å². The van der Waals surface area contributed by atoms with E-state index >= 15 is 0 Å². The van der Waals surface area contributed by atoms with Crippen LogP contribution in [0.3, 0.4) is 0 Å². The number of tetrazole rings is 1. The Kier molecular flexibility index (Phi) is 9.43. The molecule has 11 heteroatoms. The quantitative estimate of drug-likeness (QED) is 0.291. The summed E-state index contributed by atoms with van der Waals surface area (Å²) in [6.07, 6.45) is 1.12. The summed E-state index contributed by atoms with van der Waals surface area (Å²) >= 11 is 0. The van der Waals surface area contributed by atoms with Gasteiger partial charge in [-0.1, -0.05) is 61.5 Å². The topological polar surface area (TPSA) is 126 Å². The lowest BCUT2D eigenvalue weighted by atomic mass is 9.99. The van der Waals surface area contributed by atoms with E-state index in [0.29, 0.717) is 30.1 Å². The summed E-state index contributed by atoms with van der Waals surface area (Å²) < 4.78 is 7.82. The second kappa shape index (κ2) is 13.6. The van der Waals surface area contributed by atoms with Crippen LogP contribution in [0, 0.1) is 5.92 Å². The van der Waals surface area contributed by atoms with Gasteiger partial charge in [0.2, 0.25) is 5.91 Å². The van der Waals surface area contributed by atoms with Gasteiger partial charge in [0.1, 0.15) is 24.7 Å². The van der Waals surface area contributed by atoms with Gasteiger partial charge >= 0.3 is 0 Å². The number of fused-ring (bicyclic) bond motifs is 1. The molecule has 0 spiro atoms. The van der Waals surface area contributed by atoms with E-state index in [2.05, 4.69) is 76.1 Å². The number of rotatable bonds is 10. The van der Waals surface area contributed by atoms with Crippen molar-refractivity contribution in [2.75, 3.05) is 32.1 Å². The summed E-state index contributed by atoms with van der Waals surface area (Å²) in [6, 6.07) is 23.5. The summed E-state index contributed by atoms with van der Waals surface area (Å²) in [4.78, 5) is 30.2. The van der Waals surface area contributed by atoms with Crippen molar-refractivity contribution in [3.8, 4) is 16.9 Å². The lowest BCUT2D eigenvalue weighted by molar-refractivity contribution is -0.116. The second-order valence-corrected chi connectivity index (χ2v) is 11.1. The fourth-order valence-electron chi connectivity index (χ4n) is 5.24. The number of hydrogen-bond donors (Lipinski definition) is 2. The third-order valence-electron chi connectivity index (χ3n) is 7.65. The lowest BCUT2D eigenvalue weighted by Gasteiger charge is -2.38. The summed E-state index contributed by atoms with van der Waals surface area (Å²) in [5.74, 6) is -0.164. The van der Waals surface area contributed by atoms with Crippen LogP contribution in [-0.2, 0) is 17.9 Å². The molecule has 224 valence electrons. The molecule has 2 N–H and O–H groups in total. The zero-order chi connectivity index (χ0) is 30.3. The third-order valence-corrected chi connectivity index (χ3v) is 7.65. The number of ether oxygens (including phenoxy) is 1. The molecule has 3 aromatic carbocycles. The largest absolute Gasteiger partial charge is 0.488 e. The van der Waals surface area contributed by atoms with Crippen molar-refractivity contribution >= 4 is 17.5 Å². The van der Waals surface area contributed by atoms with Gasteiger partial charge in [-0.3, -0.25) is 14.5 Å². The van der Waals surface area contributed by atoms with Gasteiger partial charge in [-0.05, 0) is 59.3 Å². The highest BCUT2D eigenvalue weighted by Crippen LogP contribution is 2.31. The van der Waals surface area contributed by atoms with Crippen LogP contribution in [0.25, 0.3) is 11.1 Å². The van der Waals surface area contributed by atoms with Gasteiger partial charge in [0.05, 0.1) is 18.2 Å². The van der Waals surface area contributed by atoms with Crippen molar-refractivity contribution in [1.82, 2.24) is 30.0 Å². The Balaban J connectivity index is 1.32. The standard InChI is InChI=1S/C32H37N7O4/c1-22-16-39(23(2)20-40)32(42)28-15-27(34-31(41)19-38-21-33-35-36-38)13-14-29(28)43-30(22)18-37(3)17-24-9-11-26(12-10-24)25-7-5-4-6-8-25/h4-15,21-23,30,40H,16-20H2,1-3H3,(H,34,41)/t22-,23+,30-/m0/s1. The molecule has 0 aliphatic carbocycles. The van der Waals surface area contributed by atoms with E-state index in [4.69, 9.17) is 4.74 Å². The maximum Gasteiger partial charge on any atom is 0.258 e. The molecule has 2 heterocycles. The smallest absolute Gasteiger partial charge is 0.258 e. The van der Waals surface area contributed by atoms with E-state index in [1.54, 1.807) is 23.1 Å². The number of aromatic nitrogens is 4. The summed E-state index contributed by atoms with van der Waals surface area (Å²) in [7, 11) is 2.06. The van der Waals surface area contributed by atoms with E-state index < -0.39 is 0 Å². The first-order chi connectivity index (χ1) is 20.8. The fraction of sp³-hybridized carbons (Fsp3) is 0.344. The molecule has 2 amide bonds. The lowest BCUT2D eigenvalue weighted by Crippen LogP contribution is -2.49. The van der Waals surface area contributed by atoms with Crippen molar-refractivity contribution in [1.29, 1.82) is 0 Å². The Morgan fingerprint density at radius 1 is 1.12 bits per heavy atom. The summed E-state index contributed by atoms with van der Waals surface area (Å²) in [6.45, 7) is 5.43. The molecule has 11 nitrogen and oxygen atoms in total. The first-order valence-corrected chi connectivity index (χ1v) is 14.4. The Bertz CT molecular complexity index is 1510. The van der Waals surface area contributed by atoms with Gasteiger partial charge in [-0.25, -0.2) is 4.68 Å². The van der Waals surface area contributed by atoms with Crippen LogP contribution in [-0.4, -0.2) is 85.8 Å². The molecule has 0 unspecified atom stereocenters. The molecule has 0 bridgehead atoms. The van der Waals surface area contributed by atoms with Crippen LogP contribution in [0.15, 0.2) is 79.1 Å². The van der Waals surface area contributed by atoms with E-state index in [-0.39, 0.29) is 43.0 Å². The summed E-state index contributed by atoms with van der Waals surface area (Å²) in [5.41, 5.74) is 4.33. The van der Waals surface area contributed by atoms with Gasteiger partial charge in [0, 0.05) is 31.2 Å². The minimum Gasteiger partial charge on any atom is -0.488 e. The molecular formula is C32H37N7O4. The average molecular weight is 584 g/mol. The van der Waals surface area contributed by atoms with Gasteiger partial charge in [-0.2, -0.15) is 0 Å². The predicted molar refractivity (Wildman–Crippen MR) is 162 cm³/mol. The highest BCUT2D eigenvalue weighted by molar-refractivity contribution is 5.99. The molecule has 43 heavy (non-hydrogen) atoms. The second-order valence-electron chi connectivity index (χ2n) is 11.1. The molecule has 4 aromatic rings. The molecular weight excluding hydrogens is 546 g/mol. The predicted octanol–water partition coefficient (Wildman–Crippen LogP) is 3.33. The van der Waals surface area contributed by atoms with Crippen molar-refractivity contribution in [2.45, 2.75) is 39.1 Å². The molecule has 1 aromatic heterocycles. The number of nitrogens with one attached hydrogen (secondary N) is 1. The number of carbonyl (C=O) groups is 2. The number of benzene rings is 3. The SMILES string of the molecule is C[C@H](CO)N1C[C@H](C)[C@H](CN(C)Cc2ccc(-c3ccccc3)cc2)Oc2ccc(NC(=O)Cn3cnnn3)cc2C1=O. The molecule has 5 rings (SSSR count). The maximum absolute atomic E-state index is 13.7. The Hall–Kier alpha value is -4.61. The van der Waals surface area contributed by atoms with Crippen LogP contribution < -0.4 is 10.1 Å². The molecule has 0 saturated carbocycles. The van der Waals surface area contributed by atoms with Crippen molar-refractivity contribution in [3.05, 3.63) is 90.3 Å². The van der Waals surface area contributed by atoms with Crippen LogP contribution in [0.1, 0.15) is 29.8 Å². The molecule has 0 fully saturated rings. The number of hydrogen-bond acceptors (Lipinski definition) is 8. The Morgan fingerprint density at radius 3 is 2.56 bits per heavy atom.